The quantitative estimate of drug-likeness (QED) is 0.476. The number of anilines is 1. The van der Waals surface area contributed by atoms with Gasteiger partial charge in [-0.1, -0.05) is 29.8 Å². The van der Waals surface area contributed by atoms with Gasteiger partial charge in [0.15, 0.2) is 0 Å². The zero-order valence-corrected chi connectivity index (χ0v) is 17.4. The largest absolute Gasteiger partial charge is 0.353 e. The third-order valence-corrected chi connectivity index (χ3v) is 6.64. The van der Waals surface area contributed by atoms with Crippen molar-refractivity contribution in [2.24, 2.45) is 0 Å². The maximum atomic E-state index is 6.03. The first kappa shape index (κ1) is 18.5. The lowest BCUT2D eigenvalue weighted by molar-refractivity contribution is 0.249. The number of benzene rings is 1. The molecule has 4 heterocycles. The van der Waals surface area contributed by atoms with Gasteiger partial charge in [0.25, 0.3) is 0 Å². The number of piperazine rings is 1. The number of hydrogen-bond acceptors (Lipinski definition) is 6. The van der Waals surface area contributed by atoms with Crippen LogP contribution in [-0.4, -0.2) is 46.0 Å². The van der Waals surface area contributed by atoms with E-state index in [9.17, 15) is 0 Å². The summed E-state index contributed by atoms with van der Waals surface area (Å²) < 4.78 is 1.15. The number of hydrogen-bond donors (Lipinski definition) is 0. The minimum atomic E-state index is 0.750. The molecule has 0 spiro atoms. The Bertz CT molecular complexity index is 1110. The molecular weight excluding hydrogens is 402 g/mol. The Hall–Kier alpha value is -2.54. The first-order chi connectivity index (χ1) is 14.3. The Balaban J connectivity index is 1.35. The molecule has 0 aliphatic carbocycles. The van der Waals surface area contributed by atoms with Gasteiger partial charge in [0.2, 0.25) is 0 Å². The fourth-order valence-corrected chi connectivity index (χ4v) is 4.95. The SMILES string of the molecule is Clc1ccc(-c2cc3ncnc(N4CCN(Cc5cccnc5)CC4)c3s2)cc1. The van der Waals surface area contributed by atoms with Crippen molar-refractivity contribution in [1.29, 1.82) is 0 Å². The molecule has 0 atom stereocenters. The van der Waals surface area contributed by atoms with E-state index in [1.807, 2.05) is 30.6 Å². The van der Waals surface area contributed by atoms with Gasteiger partial charge in [0.1, 0.15) is 12.1 Å². The van der Waals surface area contributed by atoms with Gasteiger partial charge in [-0.05, 0) is 35.4 Å². The van der Waals surface area contributed by atoms with Crippen molar-refractivity contribution in [3.8, 4) is 10.4 Å². The molecule has 29 heavy (non-hydrogen) atoms. The average molecular weight is 422 g/mol. The molecule has 1 aromatic carbocycles. The number of thiophene rings is 1. The van der Waals surface area contributed by atoms with E-state index in [0.29, 0.717) is 0 Å². The Morgan fingerprint density at radius 2 is 1.83 bits per heavy atom. The predicted octanol–water partition coefficient (Wildman–Crippen LogP) is 4.73. The summed E-state index contributed by atoms with van der Waals surface area (Å²) in [6, 6.07) is 14.2. The van der Waals surface area contributed by atoms with Crippen molar-refractivity contribution in [2.45, 2.75) is 6.54 Å². The van der Waals surface area contributed by atoms with Gasteiger partial charge in [-0.3, -0.25) is 9.88 Å². The molecule has 1 fully saturated rings. The van der Waals surface area contributed by atoms with E-state index in [4.69, 9.17) is 11.6 Å². The molecule has 0 bridgehead atoms. The van der Waals surface area contributed by atoms with Crippen LogP contribution in [0.25, 0.3) is 20.7 Å². The van der Waals surface area contributed by atoms with Crippen molar-refractivity contribution in [3.63, 3.8) is 0 Å². The number of aromatic nitrogens is 3. The number of fused-ring (bicyclic) bond motifs is 1. The molecule has 5 nitrogen and oxygen atoms in total. The second kappa shape index (κ2) is 8.06. The van der Waals surface area contributed by atoms with Crippen LogP contribution in [0.15, 0.2) is 61.2 Å². The maximum absolute atomic E-state index is 6.03. The first-order valence-electron chi connectivity index (χ1n) is 9.63. The van der Waals surface area contributed by atoms with Crippen LogP contribution < -0.4 is 4.90 Å². The van der Waals surface area contributed by atoms with Crippen molar-refractivity contribution in [3.05, 3.63) is 71.8 Å². The van der Waals surface area contributed by atoms with Gasteiger partial charge in [-0.25, -0.2) is 9.97 Å². The highest BCUT2D eigenvalue weighted by Crippen LogP contribution is 2.37. The summed E-state index contributed by atoms with van der Waals surface area (Å²) in [5.41, 5.74) is 3.42. The highest BCUT2D eigenvalue weighted by molar-refractivity contribution is 7.22. The lowest BCUT2D eigenvalue weighted by Crippen LogP contribution is -2.46. The monoisotopic (exact) mass is 421 g/mol. The van der Waals surface area contributed by atoms with Gasteiger partial charge in [-0.2, -0.15) is 0 Å². The lowest BCUT2D eigenvalue weighted by Gasteiger charge is -2.35. The van der Waals surface area contributed by atoms with E-state index in [-0.39, 0.29) is 0 Å². The molecule has 3 aromatic heterocycles. The number of rotatable bonds is 4. The Morgan fingerprint density at radius 3 is 2.59 bits per heavy atom. The van der Waals surface area contributed by atoms with Crippen molar-refractivity contribution in [2.75, 3.05) is 31.1 Å². The average Bonchev–Trinajstić information content (AvgIpc) is 3.20. The molecule has 0 radical (unpaired) electrons. The lowest BCUT2D eigenvalue weighted by atomic mass is 10.2. The topological polar surface area (TPSA) is 45.2 Å². The van der Waals surface area contributed by atoms with Crippen LogP contribution >= 0.6 is 22.9 Å². The zero-order chi connectivity index (χ0) is 19.6. The molecule has 1 saturated heterocycles. The van der Waals surface area contributed by atoms with E-state index in [1.54, 1.807) is 17.7 Å². The Morgan fingerprint density at radius 1 is 1.00 bits per heavy atom. The van der Waals surface area contributed by atoms with Crippen LogP contribution in [-0.2, 0) is 6.54 Å². The fraction of sp³-hybridized carbons (Fsp3) is 0.227. The van der Waals surface area contributed by atoms with Gasteiger partial charge in [-0.15, -0.1) is 11.3 Å². The molecule has 0 N–H and O–H groups in total. The summed E-state index contributed by atoms with van der Waals surface area (Å²) in [6.45, 7) is 4.88. The van der Waals surface area contributed by atoms with E-state index in [2.05, 4.69) is 49.0 Å². The summed E-state index contributed by atoms with van der Waals surface area (Å²) in [5, 5.41) is 0.750. The van der Waals surface area contributed by atoms with E-state index in [0.717, 1.165) is 59.3 Å². The van der Waals surface area contributed by atoms with Crippen LogP contribution in [0.2, 0.25) is 5.02 Å². The normalized spacial score (nSPS) is 15.1. The van der Waals surface area contributed by atoms with Crippen LogP contribution in [0.4, 0.5) is 5.82 Å². The number of pyridine rings is 1. The zero-order valence-electron chi connectivity index (χ0n) is 15.8. The molecule has 1 aliphatic rings. The standard InChI is InChI=1S/C22H20ClN5S/c23-18-5-3-17(4-6-18)20-12-19-21(29-20)22(26-15-25-19)28-10-8-27(9-11-28)14-16-2-1-7-24-13-16/h1-7,12-13,15H,8-11,14H2. The second-order valence-electron chi connectivity index (χ2n) is 7.15. The van der Waals surface area contributed by atoms with Crippen molar-refractivity contribution in [1.82, 2.24) is 19.9 Å². The smallest absolute Gasteiger partial charge is 0.150 e. The first-order valence-corrected chi connectivity index (χ1v) is 10.8. The van der Waals surface area contributed by atoms with Crippen LogP contribution in [0.3, 0.4) is 0 Å². The summed E-state index contributed by atoms with van der Waals surface area (Å²) in [7, 11) is 0. The fourth-order valence-electron chi connectivity index (χ4n) is 3.69. The van der Waals surface area contributed by atoms with Crippen molar-refractivity contribution < 1.29 is 0 Å². The molecule has 0 unspecified atom stereocenters. The molecular formula is C22H20ClN5S. The van der Waals surface area contributed by atoms with Crippen LogP contribution in [0.5, 0.6) is 0 Å². The molecule has 7 heteroatoms. The van der Waals surface area contributed by atoms with Gasteiger partial charge in [0.05, 0.1) is 10.2 Å². The minimum Gasteiger partial charge on any atom is -0.353 e. The summed E-state index contributed by atoms with van der Waals surface area (Å²) in [6.07, 6.45) is 5.45. The molecule has 4 aromatic rings. The second-order valence-corrected chi connectivity index (χ2v) is 8.64. The van der Waals surface area contributed by atoms with Crippen LogP contribution in [0.1, 0.15) is 5.56 Å². The third kappa shape index (κ3) is 3.96. The van der Waals surface area contributed by atoms with E-state index < -0.39 is 0 Å². The molecule has 0 amide bonds. The third-order valence-electron chi connectivity index (χ3n) is 5.22. The molecule has 1 aliphatic heterocycles. The highest BCUT2D eigenvalue weighted by atomic mass is 35.5. The highest BCUT2D eigenvalue weighted by Gasteiger charge is 2.21. The summed E-state index contributed by atoms with van der Waals surface area (Å²) in [4.78, 5) is 19.4. The number of nitrogens with zero attached hydrogens (tertiary/aromatic N) is 5. The Kier molecular flexibility index (Phi) is 5.14. The number of halogens is 1. The van der Waals surface area contributed by atoms with Crippen molar-refractivity contribution >= 4 is 39.0 Å². The van der Waals surface area contributed by atoms with Gasteiger partial charge < -0.3 is 4.90 Å². The molecule has 5 rings (SSSR count). The van der Waals surface area contributed by atoms with E-state index in [1.165, 1.54) is 10.4 Å². The summed E-state index contributed by atoms with van der Waals surface area (Å²) in [5.74, 6) is 1.04. The Labute approximate surface area is 178 Å². The van der Waals surface area contributed by atoms with Crippen LogP contribution in [0, 0.1) is 0 Å². The van der Waals surface area contributed by atoms with Gasteiger partial charge in [0, 0.05) is 55.0 Å². The molecule has 146 valence electrons. The maximum Gasteiger partial charge on any atom is 0.150 e. The molecule has 0 saturated carbocycles. The van der Waals surface area contributed by atoms with Gasteiger partial charge >= 0.3 is 0 Å². The summed E-state index contributed by atoms with van der Waals surface area (Å²) >= 11 is 7.78. The minimum absolute atomic E-state index is 0.750. The van der Waals surface area contributed by atoms with E-state index >= 15 is 0 Å². The predicted molar refractivity (Wildman–Crippen MR) is 120 cm³/mol.